The van der Waals surface area contributed by atoms with E-state index in [0.717, 1.165) is 5.69 Å². The molecule has 2 heteroatoms. The lowest BCUT2D eigenvalue weighted by Crippen LogP contribution is -2.28. The Morgan fingerprint density at radius 2 is 0.762 bits per heavy atom. The van der Waals surface area contributed by atoms with E-state index in [4.69, 9.17) is 0 Å². The fourth-order valence-electron chi connectivity index (χ4n) is 10.9. The number of nitrogens with zero attached hydrogens (tertiary/aromatic N) is 1. The van der Waals surface area contributed by atoms with Crippen LogP contribution in [-0.4, -0.2) is 0 Å². The van der Waals surface area contributed by atoms with E-state index < -0.39 is 5.41 Å². The number of fused-ring (bicyclic) bond motifs is 13. The number of benzene rings is 10. The monoisotopic (exact) mass is 817 g/mol. The molecule has 1 nitrogen and oxygen atoms in total. The average molecular weight is 818 g/mol. The highest BCUT2D eigenvalue weighted by Gasteiger charge is 2.53. The van der Waals surface area contributed by atoms with Crippen molar-refractivity contribution in [1.29, 1.82) is 0 Å². The van der Waals surface area contributed by atoms with Crippen LogP contribution in [0.3, 0.4) is 0 Å². The van der Waals surface area contributed by atoms with Crippen LogP contribution in [0.25, 0.3) is 75.8 Å². The summed E-state index contributed by atoms with van der Waals surface area (Å²) in [6, 6.07) is 87.8. The summed E-state index contributed by atoms with van der Waals surface area (Å²) < 4.78 is 2.58. The SMILES string of the molecule is c1ccc(-c2cc(-c3ccccc3)cc(-c3ccc(N(c4cccc5c4C4(c6ccccc6-c6ccccc64)c4ccccc4-5)c4cccc5sc6ccccc6c45)cc3)c2)cc1. The number of anilines is 3. The Bertz CT molecular complexity index is 3440. The second-order valence-corrected chi connectivity index (χ2v) is 17.8. The third-order valence-corrected chi connectivity index (χ3v) is 14.6. The van der Waals surface area contributed by atoms with Crippen molar-refractivity contribution in [2.24, 2.45) is 0 Å². The van der Waals surface area contributed by atoms with Gasteiger partial charge in [-0.1, -0.05) is 182 Å². The lowest BCUT2D eigenvalue weighted by atomic mass is 9.70. The van der Waals surface area contributed by atoms with Crippen molar-refractivity contribution in [3.63, 3.8) is 0 Å². The first-order chi connectivity index (χ1) is 31.3. The molecule has 0 aliphatic heterocycles. The first-order valence-electron chi connectivity index (χ1n) is 21.8. The van der Waals surface area contributed by atoms with E-state index in [-0.39, 0.29) is 0 Å². The van der Waals surface area contributed by atoms with Gasteiger partial charge >= 0.3 is 0 Å². The molecule has 0 fully saturated rings. The highest BCUT2D eigenvalue weighted by molar-refractivity contribution is 7.26. The summed E-state index contributed by atoms with van der Waals surface area (Å²) in [7, 11) is 0. The molecule has 1 heterocycles. The van der Waals surface area contributed by atoms with E-state index in [1.165, 1.54) is 109 Å². The van der Waals surface area contributed by atoms with Crippen LogP contribution in [0, 0.1) is 0 Å². The van der Waals surface area contributed by atoms with Gasteiger partial charge in [-0.2, -0.15) is 0 Å². The Hall–Kier alpha value is -7.78. The molecule has 0 saturated carbocycles. The second-order valence-electron chi connectivity index (χ2n) is 16.7. The van der Waals surface area contributed by atoms with Crippen molar-refractivity contribution < 1.29 is 0 Å². The van der Waals surface area contributed by atoms with Gasteiger partial charge in [0.2, 0.25) is 0 Å². The van der Waals surface area contributed by atoms with Crippen LogP contribution in [0.15, 0.2) is 237 Å². The van der Waals surface area contributed by atoms with Crippen LogP contribution < -0.4 is 4.90 Å². The minimum atomic E-state index is -0.510. The quantitative estimate of drug-likeness (QED) is 0.162. The zero-order valence-corrected chi connectivity index (χ0v) is 35.2. The van der Waals surface area contributed by atoms with Gasteiger partial charge in [0.15, 0.2) is 0 Å². The summed E-state index contributed by atoms with van der Waals surface area (Å²) in [5.41, 5.74) is 20.7. The van der Waals surface area contributed by atoms with Crippen LogP contribution in [0.5, 0.6) is 0 Å². The summed E-state index contributed by atoms with van der Waals surface area (Å²) in [6.45, 7) is 0. The van der Waals surface area contributed by atoms with Crippen molar-refractivity contribution in [1.82, 2.24) is 0 Å². The molecular weight excluding hydrogens is 779 g/mol. The molecular formula is C61H39NS. The predicted octanol–water partition coefficient (Wildman–Crippen LogP) is 16.9. The molecule has 10 aromatic carbocycles. The summed E-state index contributed by atoms with van der Waals surface area (Å²) in [5, 5.41) is 2.56. The van der Waals surface area contributed by atoms with Crippen molar-refractivity contribution >= 4 is 48.6 Å². The van der Waals surface area contributed by atoms with Crippen LogP contribution in [0.2, 0.25) is 0 Å². The van der Waals surface area contributed by atoms with E-state index in [2.05, 4.69) is 241 Å². The number of thiophene rings is 1. The smallest absolute Gasteiger partial charge is 0.0746 e. The van der Waals surface area contributed by atoms with Crippen LogP contribution in [0.4, 0.5) is 17.1 Å². The molecule has 0 radical (unpaired) electrons. The Morgan fingerprint density at radius 3 is 1.37 bits per heavy atom. The highest BCUT2D eigenvalue weighted by Crippen LogP contribution is 2.65. The minimum absolute atomic E-state index is 0.510. The minimum Gasteiger partial charge on any atom is -0.309 e. The maximum Gasteiger partial charge on any atom is 0.0746 e. The zero-order chi connectivity index (χ0) is 41.5. The Morgan fingerprint density at radius 1 is 0.317 bits per heavy atom. The van der Waals surface area contributed by atoms with Gasteiger partial charge in [0.05, 0.1) is 16.8 Å². The molecule has 11 aromatic rings. The first kappa shape index (κ1) is 35.9. The molecule has 1 spiro atoms. The third-order valence-electron chi connectivity index (χ3n) is 13.5. The third kappa shape index (κ3) is 5.35. The largest absolute Gasteiger partial charge is 0.309 e. The van der Waals surface area contributed by atoms with Crippen molar-refractivity contribution in [3.8, 4) is 55.6 Å². The first-order valence-corrected chi connectivity index (χ1v) is 22.6. The van der Waals surface area contributed by atoms with Gasteiger partial charge in [-0.25, -0.2) is 0 Å². The summed E-state index contributed by atoms with van der Waals surface area (Å²) in [6.07, 6.45) is 0. The Kier molecular flexibility index (Phi) is 8.06. The maximum absolute atomic E-state index is 2.57. The lowest BCUT2D eigenvalue weighted by molar-refractivity contribution is 0.793. The molecule has 63 heavy (non-hydrogen) atoms. The van der Waals surface area contributed by atoms with Gasteiger partial charge in [0, 0.05) is 31.4 Å². The van der Waals surface area contributed by atoms with Gasteiger partial charge in [0.25, 0.3) is 0 Å². The standard InChI is InChI=1S/C61H39NS/c1-3-17-40(18-4-1)43-37-44(41-19-5-2-6-20-41)39-45(38-43)42-33-35-46(36-34-42)62(55-29-16-32-58-59(55)51-24-10-14-31-57(51)63-58)56-30-15-25-50-49-23-9-13-28-54(49)61(60(50)56)52-26-11-7-21-47(52)48-22-8-12-27-53(48)61/h1-39H. The number of hydrogen-bond acceptors (Lipinski definition) is 2. The average Bonchev–Trinajstić information content (AvgIpc) is 4.00. The topological polar surface area (TPSA) is 3.24 Å². The zero-order valence-electron chi connectivity index (χ0n) is 34.4. The fourth-order valence-corrected chi connectivity index (χ4v) is 12.0. The molecule has 0 atom stereocenters. The molecule has 0 unspecified atom stereocenters. The van der Waals surface area contributed by atoms with Gasteiger partial charge in [-0.05, 0) is 127 Å². The van der Waals surface area contributed by atoms with Crippen LogP contribution in [-0.2, 0) is 5.41 Å². The number of rotatable bonds is 6. The van der Waals surface area contributed by atoms with E-state index in [1.54, 1.807) is 0 Å². The highest BCUT2D eigenvalue weighted by atomic mass is 32.1. The summed E-state index contributed by atoms with van der Waals surface area (Å²) in [5.74, 6) is 0. The lowest BCUT2D eigenvalue weighted by Gasteiger charge is -2.36. The molecule has 0 bridgehead atoms. The van der Waals surface area contributed by atoms with Crippen molar-refractivity contribution in [3.05, 3.63) is 259 Å². The van der Waals surface area contributed by atoms with E-state index in [1.807, 2.05) is 11.3 Å². The second kappa shape index (κ2) is 14.1. The Balaban J connectivity index is 1.07. The van der Waals surface area contributed by atoms with Crippen LogP contribution in [0.1, 0.15) is 22.3 Å². The van der Waals surface area contributed by atoms with E-state index >= 15 is 0 Å². The predicted molar refractivity (Wildman–Crippen MR) is 267 cm³/mol. The van der Waals surface area contributed by atoms with Gasteiger partial charge < -0.3 is 4.90 Å². The molecule has 294 valence electrons. The Labute approximate surface area is 371 Å². The molecule has 0 N–H and O–H groups in total. The van der Waals surface area contributed by atoms with Gasteiger partial charge in [0.1, 0.15) is 0 Å². The summed E-state index contributed by atoms with van der Waals surface area (Å²) in [4.78, 5) is 2.57. The summed E-state index contributed by atoms with van der Waals surface area (Å²) >= 11 is 1.87. The van der Waals surface area contributed by atoms with E-state index in [0.29, 0.717) is 0 Å². The molecule has 0 amide bonds. The van der Waals surface area contributed by atoms with E-state index in [9.17, 15) is 0 Å². The van der Waals surface area contributed by atoms with Gasteiger partial charge in [-0.15, -0.1) is 11.3 Å². The fraction of sp³-hybridized carbons (Fsp3) is 0.0164. The normalized spacial score (nSPS) is 12.9. The van der Waals surface area contributed by atoms with Gasteiger partial charge in [-0.3, -0.25) is 0 Å². The maximum atomic E-state index is 2.57. The van der Waals surface area contributed by atoms with Crippen LogP contribution >= 0.6 is 11.3 Å². The molecule has 1 aromatic heterocycles. The number of hydrogen-bond donors (Lipinski definition) is 0. The molecule has 13 rings (SSSR count). The molecule has 2 aliphatic carbocycles. The van der Waals surface area contributed by atoms with Crippen molar-refractivity contribution in [2.45, 2.75) is 5.41 Å². The molecule has 2 aliphatic rings. The van der Waals surface area contributed by atoms with Crippen molar-refractivity contribution in [2.75, 3.05) is 4.90 Å². The molecule has 0 saturated heterocycles.